The van der Waals surface area contributed by atoms with Crippen molar-refractivity contribution >= 4 is 40.0 Å². The summed E-state index contributed by atoms with van der Waals surface area (Å²) < 4.78 is 6.10. The standard InChI is InChI=1S/C28H26N4O4/c1-3-32-26-22(28(35)31(2)23-9-6-13-29-27(23)32)15-18(17-30-26)12-14-36-24-11-10-19(16-25(33)34)20-7-4-5-8-21(20)24/h4-11,13,15,17H,3,12,14,16H2,1-2H3,(H,33,34). The molecule has 182 valence electrons. The number of carbonyl (C=O) groups is 2. The zero-order valence-electron chi connectivity index (χ0n) is 20.1. The van der Waals surface area contributed by atoms with Crippen molar-refractivity contribution in [1.29, 1.82) is 0 Å². The first-order valence-electron chi connectivity index (χ1n) is 11.8. The first-order valence-corrected chi connectivity index (χ1v) is 11.8. The Balaban J connectivity index is 1.38. The molecule has 0 radical (unpaired) electrons. The Bertz CT molecular complexity index is 1470. The molecule has 36 heavy (non-hydrogen) atoms. The smallest absolute Gasteiger partial charge is 0.307 e. The molecule has 8 heteroatoms. The van der Waals surface area contributed by atoms with E-state index in [0.717, 1.165) is 27.6 Å². The summed E-state index contributed by atoms with van der Waals surface area (Å²) in [6, 6.07) is 16.8. The average Bonchev–Trinajstić information content (AvgIpc) is 2.98. The van der Waals surface area contributed by atoms with Gasteiger partial charge in [-0.1, -0.05) is 30.3 Å². The molecule has 0 unspecified atom stereocenters. The van der Waals surface area contributed by atoms with Crippen LogP contribution in [0.4, 0.5) is 17.3 Å². The molecule has 0 aliphatic carbocycles. The van der Waals surface area contributed by atoms with Gasteiger partial charge in [0, 0.05) is 37.8 Å². The number of amides is 1. The van der Waals surface area contributed by atoms with Crippen LogP contribution in [-0.4, -0.2) is 47.2 Å². The van der Waals surface area contributed by atoms with Crippen LogP contribution in [-0.2, 0) is 17.6 Å². The second kappa shape index (κ2) is 9.65. The number of rotatable bonds is 7. The van der Waals surface area contributed by atoms with Crippen LogP contribution < -0.4 is 14.5 Å². The maximum absolute atomic E-state index is 13.3. The Morgan fingerprint density at radius 3 is 2.61 bits per heavy atom. The normalized spacial score (nSPS) is 12.8. The van der Waals surface area contributed by atoms with E-state index in [1.165, 1.54) is 0 Å². The van der Waals surface area contributed by atoms with Gasteiger partial charge in [0.2, 0.25) is 0 Å². The van der Waals surface area contributed by atoms with Crippen molar-refractivity contribution in [2.75, 3.05) is 30.0 Å². The van der Waals surface area contributed by atoms with Gasteiger partial charge in [0.1, 0.15) is 11.6 Å². The summed E-state index contributed by atoms with van der Waals surface area (Å²) in [4.78, 5) is 37.3. The molecule has 3 heterocycles. The van der Waals surface area contributed by atoms with Gasteiger partial charge in [-0.05, 0) is 47.7 Å². The number of carbonyl (C=O) groups excluding carboxylic acids is 1. The number of nitrogens with zero attached hydrogens (tertiary/aromatic N) is 4. The highest BCUT2D eigenvalue weighted by Gasteiger charge is 2.30. The summed E-state index contributed by atoms with van der Waals surface area (Å²) in [5, 5.41) is 11.0. The molecule has 0 fully saturated rings. The van der Waals surface area contributed by atoms with Gasteiger partial charge < -0.3 is 19.6 Å². The van der Waals surface area contributed by atoms with E-state index in [1.54, 1.807) is 30.4 Å². The van der Waals surface area contributed by atoms with Crippen LogP contribution in [0, 0.1) is 0 Å². The summed E-state index contributed by atoms with van der Waals surface area (Å²) in [6.07, 6.45) is 4.01. The van der Waals surface area contributed by atoms with Gasteiger partial charge in [-0.2, -0.15) is 0 Å². The molecule has 1 amide bonds. The number of benzene rings is 2. The van der Waals surface area contributed by atoms with E-state index < -0.39 is 5.97 Å². The lowest BCUT2D eigenvalue weighted by Gasteiger charge is -2.22. The van der Waals surface area contributed by atoms with Gasteiger partial charge >= 0.3 is 5.97 Å². The molecule has 1 aliphatic heterocycles. The largest absolute Gasteiger partial charge is 0.493 e. The van der Waals surface area contributed by atoms with E-state index in [1.807, 2.05) is 60.4 Å². The molecule has 0 saturated carbocycles. The second-order valence-electron chi connectivity index (χ2n) is 8.61. The summed E-state index contributed by atoms with van der Waals surface area (Å²) >= 11 is 0. The summed E-state index contributed by atoms with van der Waals surface area (Å²) in [5.74, 6) is 0.987. The zero-order valence-corrected chi connectivity index (χ0v) is 20.1. The molecule has 5 rings (SSSR count). The monoisotopic (exact) mass is 482 g/mol. The van der Waals surface area contributed by atoms with Gasteiger partial charge in [-0.25, -0.2) is 9.97 Å². The Morgan fingerprint density at radius 1 is 1.03 bits per heavy atom. The van der Waals surface area contributed by atoms with Gasteiger partial charge in [0.25, 0.3) is 5.91 Å². The fourth-order valence-corrected chi connectivity index (χ4v) is 4.61. The number of pyridine rings is 2. The van der Waals surface area contributed by atoms with Crippen LogP contribution in [0.1, 0.15) is 28.4 Å². The molecule has 4 aromatic rings. The fourth-order valence-electron chi connectivity index (χ4n) is 4.61. The van der Waals surface area contributed by atoms with Crippen molar-refractivity contribution in [2.45, 2.75) is 19.8 Å². The summed E-state index contributed by atoms with van der Waals surface area (Å²) in [7, 11) is 1.75. The first-order chi connectivity index (χ1) is 17.5. The lowest BCUT2D eigenvalue weighted by atomic mass is 10.0. The number of aliphatic carboxylic acids is 1. The molecule has 8 nitrogen and oxygen atoms in total. The maximum atomic E-state index is 13.3. The molecule has 2 aromatic carbocycles. The third-order valence-corrected chi connectivity index (χ3v) is 6.38. The fraction of sp³-hybridized carbons (Fsp3) is 0.214. The molecule has 0 bridgehead atoms. The lowest BCUT2D eigenvalue weighted by molar-refractivity contribution is -0.136. The third kappa shape index (κ3) is 4.22. The summed E-state index contributed by atoms with van der Waals surface area (Å²) in [6.45, 7) is 3.01. The highest BCUT2D eigenvalue weighted by molar-refractivity contribution is 6.12. The number of aromatic nitrogens is 2. The Morgan fingerprint density at radius 2 is 1.83 bits per heavy atom. The van der Waals surface area contributed by atoms with Crippen LogP contribution in [0.25, 0.3) is 10.8 Å². The number of ether oxygens (including phenoxy) is 1. The number of hydrogen-bond donors (Lipinski definition) is 1. The minimum absolute atomic E-state index is 0.0434. The average molecular weight is 483 g/mol. The molecule has 1 N–H and O–H groups in total. The van der Waals surface area contributed by atoms with Crippen molar-refractivity contribution in [3.8, 4) is 5.75 Å². The minimum Gasteiger partial charge on any atom is -0.493 e. The van der Waals surface area contributed by atoms with Crippen molar-refractivity contribution < 1.29 is 19.4 Å². The SMILES string of the molecule is CCN1c2ncc(CCOc3ccc(CC(=O)O)c4ccccc34)cc2C(=O)N(C)c2cccnc21. The predicted octanol–water partition coefficient (Wildman–Crippen LogP) is 4.63. The van der Waals surface area contributed by atoms with Crippen molar-refractivity contribution in [1.82, 2.24) is 9.97 Å². The topological polar surface area (TPSA) is 95.9 Å². The third-order valence-electron chi connectivity index (χ3n) is 6.38. The van der Waals surface area contributed by atoms with Gasteiger partial charge in [0.05, 0.1) is 24.3 Å². The molecular weight excluding hydrogens is 456 g/mol. The Labute approximate surface area is 208 Å². The maximum Gasteiger partial charge on any atom is 0.307 e. The van der Waals surface area contributed by atoms with Crippen molar-refractivity contribution in [2.24, 2.45) is 0 Å². The zero-order chi connectivity index (χ0) is 25.2. The molecular formula is C28H26N4O4. The number of carboxylic acids is 1. The number of fused-ring (bicyclic) bond motifs is 3. The van der Waals surface area contributed by atoms with E-state index in [2.05, 4.69) is 9.97 Å². The van der Waals surface area contributed by atoms with Crippen LogP contribution >= 0.6 is 0 Å². The van der Waals surface area contributed by atoms with Crippen molar-refractivity contribution in [3.63, 3.8) is 0 Å². The number of carboxylic acid groups (broad SMARTS) is 1. The van der Waals surface area contributed by atoms with Gasteiger partial charge in [-0.3, -0.25) is 9.59 Å². The highest BCUT2D eigenvalue weighted by Crippen LogP contribution is 2.37. The molecule has 2 aromatic heterocycles. The van der Waals surface area contributed by atoms with E-state index >= 15 is 0 Å². The second-order valence-corrected chi connectivity index (χ2v) is 8.61. The summed E-state index contributed by atoms with van der Waals surface area (Å²) in [5.41, 5.74) is 2.90. The van der Waals surface area contributed by atoms with Gasteiger partial charge in [-0.15, -0.1) is 0 Å². The van der Waals surface area contributed by atoms with E-state index in [9.17, 15) is 14.7 Å². The molecule has 1 aliphatic rings. The predicted molar refractivity (Wildman–Crippen MR) is 138 cm³/mol. The quantitative estimate of drug-likeness (QED) is 0.410. The van der Waals surface area contributed by atoms with Crippen molar-refractivity contribution in [3.05, 3.63) is 83.7 Å². The van der Waals surface area contributed by atoms with E-state index in [4.69, 9.17) is 4.74 Å². The van der Waals surface area contributed by atoms with Crippen LogP contribution in [0.2, 0.25) is 0 Å². The van der Waals surface area contributed by atoms with Crippen LogP contribution in [0.3, 0.4) is 0 Å². The first kappa shape index (κ1) is 23.3. The van der Waals surface area contributed by atoms with E-state index in [-0.39, 0.29) is 12.3 Å². The Hall–Kier alpha value is -4.46. The lowest BCUT2D eigenvalue weighted by Crippen LogP contribution is -2.25. The molecule has 0 atom stereocenters. The van der Waals surface area contributed by atoms with Crippen LogP contribution in [0.5, 0.6) is 5.75 Å². The Kier molecular flexibility index (Phi) is 6.25. The number of anilines is 3. The highest BCUT2D eigenvalue weighted by atomic mass is 16.5. The van der Waals surface area contributed by atoms with Gasteiger partial charge in [0.15, 0.2) is 5.82 Å². The van der Waals surface area contributed by atoms with E-state index in [0.29, 0.717) is 42.5 Å². The molecule has 0 spiro atoms. The minimum atomic E-state index is -0.870. The molecule has 0 saturated heterocycles. The number of hydrogen-bond acceptors (Lipinski definition) is 6. The van der Waals surface area contributed by atoms with Crippen LogP contribution in [0.15, 0.2) is 67.0 Å².